The number of hydrogen-bond donors (Lipinski definition) is 2. The summed E-state index contributed by atoms with van der Waals surface area (Å²) in [5, 5.41) is 7.34. The van der Waals surface area contributed by atoms with Crippen LogP contribution >= 0.6 is 12.2 Å². The smallest absolute Gasteiger partial charge is 0.171 e. The third-order valence-electron chi connectivity index (χ3n) is 3.68. The first-order valence-electron chi connectivity index (χ1n) is 8.83. The molecule has 25 heavy (non-hydrogen) atoms. The normalized spacial score (nSPS) is 12.1. The van der Waals surface area contributed by atoms with Crippen molar-refractivity contribution in [2.75, 3.05) is 5.32 Å². The second-order valence-corrected chi connectivity index (χ2v) is 7.29. The van der Waals surface area contributed by atoms with Crippen molar-refractivity contribution in [2.24, 2.45) is 5.92 Å². The Bertz CT molecular complexity index is 671. The van der Waals surface area contributed by atoms with E-state index in [0.29, 0.717) is 11.0 Å². The molecule has 2 N–H and O–H groups in total. The Kier molecular flexibility index (Phi) is 7.26. The van der Waals surface area contributed by atoms with Gasteiger partial charge in [-0.05, 0) is 56.1 Å². The van der Waals surface area contributed by atoms with Gasteiger partial charge in [-0.2, -0.15) is 0 Å². The summed E-state index contributed by atoms with van der Waals surface area (Å²) in [6, 6.07) is 18.5. The van der Waals surface area contributed by atoms with E-state index in [4.69, 9.17) is 17.0 Å². The molecule has 3 nitrogen and oxygen atoms in total. The first-order valence-corrected chi connectivity index (χ1v) is 9.24. The molecule has 134 valence electrons. The molecule has 0 heterocycles. The van der Waals surface area contributed by atoms with Crippen LogP contribution in [0, 0.1) is 5.92 Å². The standard InChI is InChI=1S/C21H28N2OS/c1-15(2)13-20(17-9-6-5-7-10-17)23-21(25)22-18-11-8-12-19(14-18)24-16(3)4/h5-12,14-16,20H,13H2,1-4H3,(H2,22,23,25)/t20-/m1/s1. The third kappa shape index (κ3) is 6.75. The number of hydrogen-bond acceptors (Lipinski definition) is 2. The summed E-state index contributed by atoms with van der Waals surface area (Å²) < 4.78 is 5.74. The molecule has 0 fully saturated rings. The summed E-state index contributed by atoms with van der Waals surface area (Å²) in [6.07, 6.45) is 1.16. The van der Waals surface area contributed by atoms with Crippen molar-refractivity contribution >= 4 is 23.0 Å². The van der Waals surface area contributed by atoms with E-state index in [2.05, 4.69) is 48.7 Å². The highest BCUT2D eigenvalue weighted by Gasteiger charge is 2.14. The molecule has 0 spiro atoms. The minimum absolute atomic E-state index is 0.147. The predicted molar refractivity (Wildman–Crippen MR) is 110 cm³/mol. The van der Waals surface area contributed by atoms with Crippen LogP contribution in [0.3, 0.4) is 0 Å². The number of anilines is 1. The van der Waals surface area contributed by atoms with Gasteiger partial charge in [0, 0.05) is 11.8 Å². The molecule has 4 heteroatoms. The first kappa shape index (κ1) is 19.3. The molecule has 0 saturated heterocycles. The molecule has 0 bridgehead atoms. The van der Waals surface area contributed by atoms with E-state index in [9.17, 15) is 0 Å². The molecular formula is C21H28N2OS. The highest BCUT2D eigenvalue weighted by atomic mass is 32.1. The number of ether oxygens (including phenoxy) is 1. The molecule has 0 unspecified atom stereocenters. The van der Waals surface area contributed by atoms with Crippen LogP contribution in [-0.2, 0) is 0 Å². The second-order valence-electron chi connectivity index (χ2n) is 6.89. The largest absolute Gasteiger partial charge is 0.491 e. The van der Waals surface area contributed by atoms with Gasteiger partial charge in [0.05, 0.1) is 12.1 Å². The van der Waals surface area contributed by atoms with E-state index in [1.54, 1.807) is 0 Å². The van der Waals surface area contributed by atoms with Gasteiger partial charge in [0.15, 0.2) is 5.11 Å². The van der Waals surface area contributed by atoms with E-state index >= 15 is 0 Å². The zero-order valence-corrected chi connectivity index (χ0v) is 16.3. The van der Waals surface area contributed by atoms with Crippen LogP contribution in [0.15, 0.2) is 54.6 Å². The van der Waals surface area contributed by atoms with Crippen LogP contribution in [0.4, 0.5) is 5.69 Å². The lowest BCUT2D eigenvalue weighted by atomic mass is 9.97. The zero-order valence-electron chi connectivity index (χ0n) is 15.5. The molecule has 0 aliphatic rings. The Hall–Kier alpha value is -2.07. The molecule has 0 aliphatic heterocycles. The monoisotopic (exact) mass is 356 g/mol. The van der Waals surface area contributed by atoms with Gasteiger partial charge in [0.2, 0.25) is 0 Å². The van der Waals surface area contributed by atoms with Gasteiger partial charge >= 0.3 is 0 Å². The Balaban J connectivity index is 2.03. The second kappa shape index (κ2) is 9.42. The summed E-state index contributed by atoms with van der Waals surface area (Å²) in [6.45, 7) is 8.48. The zero-order chi connectivity index (χ0) is 18.2. The molecule has 0 aromatic heterocycles. The Morgan fingerprint density at radius 3 is 2.36 bits per heavy atom. The maximum absolute atomic E-state index is 5.74. The number of nitrogens with one attached hydrogen (secondary N) is 2. The quantitative estimate of drug-likeness (QED) is 0.638. The van der Waals surface area contributed by atoms with Crippen LogP contribution in [0.5, 0.6) is 5.75 Å². The summed E-state index contributed by atoms with van der Waals surface area (Å²) in [5.74, 6) is 1.41. The van der Waals surface area contributed by atoms with Gasteiger partial charge in [0.1, 0.15) is 5.75 Å². The SMILES string of the molecule is CC(C)C[C@@H](NC(=S)Nc1cccc(OC(C)C)c1)c1ccccc1. The molecule has 0 radical (unpaired) electrons. The van der Waals surface area contributed by atoms with E-state index < -0.39 is 0 Å². The van der Waals surface area contributed by atoms with Crippen molar-refractivity contribution in [3.05, 3.63) is 60.2 Å². The maximum Gasteiger partial charge on any atom is 0.171 e. The van der Waals surface area contributed by atoms with Crippen molar-refractivity contribution in [1.29, 1.82) is 0 Å². The summed E-state index contributed by atoms with van der Waals surface area (Å²) in [4.78, 5) is 0. The molecule has 2 rings (SSSR count). The maximum atomic E-state index is 5.74. The minimum Gasteiger partial charge on any atom is -0.491 e. The van der Waals surface area contributed by atoms with Crippen molar-refractivity contribution < 1.29 is 4.74 Å². The molecule has 1 atom stereocenters. The van der Waals surface area contributed by atoms with Gasteiger partial charge in [-0.3, -0.25) is 0 Å². The fraction of sp³-hybridized carbons (Fsp3) is 0.381. The van der Waals surface area contributed by atoms with Crippen LogP contribution in [0.2, 0.25) is 0 Å². The average molecular weight is 357 g/mol. The minimum atomic E-state index is 0.147. The fourth-order valence-corrected chi connectivity index (χ4v) is 2.94. The van der Waals surface area contributed by atoms with Crippen LogP contribution in [-0.4, -0.2) is 11.2 Å². The van der Waals surface area contributed by atoms with Crippen molar-refractivity contribution in [3.63, 3.8) is 0 Å². The molecule has 0 aliphatic carbocycles. The van der Waals surface area contributed by atoms with Gasteiger partial charge in [-0.1, -0.05) is 50.2 Å². The summed E-state index contributed by atoms with van der Waals surface area (Å²) in [7, 11) is 0. The number of benzene rings is 2. The number of rotatable bonds is 7. The lowest BCUT2D eigenvalue weighted by molar-refractivity contribution is 0.242. The van der Waals surface area contributed by atoms with Gasteiger partial charge in [0.25, 0.3) is 0 Å². The van der Waals surface area contributed by atoms with Gasteiger partial charge in [-0.15, -0.1) is 0 Å². The topological polar surface area (TPSA) is 33.3 Å². The van der Waals surface area contributed by atoms with Crippen molar-refractivity contribution in [2.45, 2.75) is 46.3 Å². The third-order valence-corrected chi connectivity index (χ3v) is 3.90. The molecular weight excluding hydrogens is 328 g/mol. The van der Waals surface area contributed by atoms with E-state index in [1.165, 1.54) is 5.56 Å². The van der Waals surface area contributed by atoms with Gasteiger partial charge in [-0.25, -0.2) is 0 Å². The molecule has 2 aromatic rings. The van der Waals surface area contributed by atoms with E-state index in [-0.39, 0.29) is 12.1 Å². The highest BCUT2D eigenvalue weighted by Crippen LogP contribution is 2.22. The van der Waals surface area contributed by atoms with Crippen molar-refractivity contribution in [3.8, 4) is 5.75 Å². The fourth-order valence-electron chi connectivity index (χ4n) is 2.68. The Labute approximate surface area is 156 Å². The van der Waals surface area contributed by atoms with Gasteiger partial charge < -0.3 is 15.4 Å². The summed E-state index contributed by atoms with van der Waals surface area (Å²) >= 11 is 5.53. The molecule has 0 amide bonds. The average Bonchev–Trinajstić information content (AvgIpc) is 2.54. The highest BCUT2D eigenvalue weighted by molar-refractivity contribution is 7.80. The van der Waals surface area contributed by atoms with Crippen LogP contribution in [0.25, 0.3) is 0 Å². The number of thiocarbonyl (C=S) groups is 1. The molecule has 0 saturated carbocycles. The lowest BCUT2D eigenvalue weighted by Gasteiger charge is -2.23. The van der Waals surface area contributed by atoms with Crippen molar-refractivity contribution in [1.82, 2.24) is 5.32 Å². The predicted octanol–water partition coefficient (Wildman–Crippen LogP) is 5.55. The first-order chi connectivity index (χ1) is 11.9. The Morgan fingerprint density at radius 1 is 1.00 bits per heavy atom. The summed E-state index contributed by atoms with van der Waals surface area (Å²) in [5.41, 5.74) is 2.17. The van der Waals surface area contributed by atoms with E-state index in [0.717, 1.165) is 17.9 Å². The molecule has 2 aromatic carbocycles. The van der Waals surface area contributed by atoms with E-state index in [1.807, 2.05) is 44.2 Å². The van der Waals surface area contributed by atoms with Crippen LogP contribution < -0.4 is 15.4 Å². The lowest BCUT2D eigenvalue weighted by Crippen LogP contribution is -2.33. The van der Waals surface area contributed by atoms with Crippen LogP contribution in [0.1, 0.15) is 45.7 Å². The Morgan fingerprint density at radius 2 is 1.72 bits per heavy atom.